The molecule has 0 saturated carbocycles. The van der Waals surface area contributed by atoms with Crippen LogP contribution in [-0.4, -0.2) is 48.6 Å². The standard InChI is InChI=1S/C27H28Cl4O8/c1-14(2)26(34)38-24-18(28)12-16(22(20(24)30)36-9-5-7-32)11-17-13-19(29)25(39-27(35)15(3)4)21(31)23(17)37-10-6-8-33/h12-13,32-33H,1,3,5-11H2,2,4H3. The maximum absolute atomic E-state index is 12.1. The van der Waals surface area contributed by atoms with E-state index in [1.165, 1.54) is 26.0 Å². The average molecular weight is 622 g/mol. The number of rotatable bonds is 14. The molecule has 0 aliphatic rings. The Morgan fingerprint density at radius 3 is 1.38 bits per heavy atom. The van der Waals surface area contributed by atoms with E-state index in [4.69, 9.17) is 65.4 Å². The molecular formula is C27H28Cl4O8. The highest BCUT2D eigenvalue weighted by Crippen LogP contribution is 2.47. The third-order valence-corrected chi connectivity index (χ3v) is 6.23. The van der Waals surface area contributed by atoms with Crippen molar-refractivity contribution >= 4 is 58.3 Å². The summed E-state index contributed by atoms with van der Waals surface area (Å²) in [6.07, 6.45) is 0.662. The fraction of sp³-hybridized carbons (Fsp3) is 0.333. The number of hydrogen-bond acceptors (Lipinski definition) is 8. The van der Waals surface area contributed by atoms with E-state index in [9.17, 15) is 19.8 Å². The van der Waals surface area contributed by atoms with E-state index in [0.29, 0.717) is 24.0 Å². The molecule has 0 aromatic heterocycles. The molecule has 2 aromatic rings. The lowest BCUT2D eigenvalue weighted by Gasteiger charge is -2.20. The first-order chi connectivity index (χ1) is 18.4. The number of esters is 2. The number of benzene rings is 2. The fourth-order valence-electron chi connectivity index (χ4n) is 3.07. The van der Waals surface area contributed by atoms with Gasteiger partial charge in [0.05, 0.1) is 23.3 Å². The minimum Gasteiger partial charge on any atom is -0.491 e. The van der Waals surface area contributed by atoms with Crippen molar-refractivity contribution in [2.45, 2.75) is 33.1 Å². The van der Waals surface area contributed by atoms with Crippen molar-refractivity contribution in [3.05, 3.63) is 67.7 Å². The predicted octanol–water partition coefficient (Wildman–Crippen LogP) is 6.38. The van der Waals surface area contributed by atoms with Crippen LogP contribution < -0.4 is 18.9 Å². The molecule has 0 radical (unpaired) electrons. The van der Waals surface area contributed by atoms with Gasteiger partial charge in [-0.05, 0) is 26.0 Å². The number of halogens is 4. The Morgan fingerprint density at radius 2 is 1.08 bits per heavy atom. The highest BCUT2D eigenvalue weighted by atomic mass is 35.5. The number of ether oxygens (including phenoxy) is 4. The van der Waals surface area contributed by atoms with Gasteiger partial charge in [-0.15, -0.1) is 0 Å². The molecule has 0 heterocycles. The van der Waals surface area contributed by atoms with Crippen LogP contribution in [0.1, 0.15) is 37.8 Å². The minimum absolute atomic E-state index is 0.0195. The largest absolute Gasteiger partial charge is 0.491 e. The van der Waals surface area contributed by atoms with Gasteiger partial charge in [-0.3, -0.25) is 0 Å². The van der Waals surface area contributed by atoms with Crippen LogP contribution in [-0.2, 0) is 16.0 Å². The van der Waals surface area contributed by atoms with Crippen molar-refractivity contribution in [2.75, 3.05) is 26.4 Å². The van der Waals surface area contributed by atoms with E-state index >= 15 is 0 Å². The van der Waals surface area contributed by atoms with Gasteiger partial charge in [-0.2, -0.15) is 0 Å². The van der Waals surface area contributed by atoms with E-state index in [-0.39, 0.29) is 87.1 Å². The van der Waals surface area contributed by atoms with Crippen molar-refractivity contribution in [1.29, 1.82) is 0 Å². The Labute approximate surface area is 246 Å². The third-order valence-electron chi connectivity index (χ3n) is 4.98. The Kier molecular flexibility index (Phi) is 12.9. The summed E-state index contributed by atoms with van der Waals surface area (Å²) >= 11 is 26.0. The molecule has 0 aliphatic carbocycles. The van der Waals surface area contributed by atoms with Crippen LogP contribution in [0.25, 0.3) is 0 Å². The first-order valence-corrected chi connectivity index (χ1v) is 13.2. The highest BCUT2D eigenvalue weighted by molar-refractivity contribution is 6.39. The summed E-state index contributed by atoms with van der Waals surface area (Å²) in [6.45, 7) is 9.97. The first-order valence-electron chi connectivity index (χ1n) is 11.7. The molecule has 0 amide bonds. The first kappa shape index (κ1) is 32.8. The molecule has 212 valence electrons. The lowest BCUT2D eigenvalue weighted by atomic mass is 10.0. The zero-order valence-electron chi connectivity index (χ0n) is 21.4. The molecule has 2 aromatic carbocycles. The number of hydrogen-bond donors (Lipinski definition) is 2. The van der Waals surface area contributed by atoms with Crippen LogP contribution in [0.4, 0.5) is 0 Å². The number of carbonyl (C=O) groups is 2. The third kappa shape index (κ3) is 8.76. The van der Waals surface area contributed by atoms with Gasteiger partial charge in [0.1, 0.15) is 21.5 Å². The molecule has 0 unspecified atom stereocenters. The maximum atomic E-state index is 12.1. The molecular weight excluding hydrogens is 594 g/mol. The minimum atomic E-state index is -0.731. The fourth-order valence-corrected chi connectivity index (χ4v) is 4.33. The predicted molar refractivity (Wildman–Crippen MR) is 151 cm³/mol. The topological polar surface area (TPSA) is 112 Å². The van der Waals surface area contributed by atoms with E-state index in [2.05, 4.69) is 13.2 Å². The second-order valence-corrected chi connectivity index (χ2v) is 9.92. The molecule has 0 spiro atoms. The highest BCUT2D eigenvalue weighted by Gasteiger charge is 2.25. The number of aliphatic hydroxyl groups excluding tert-OH is 2. The van der Waals surface area contributed by atoms with Gasteiger partial charge in [0.25, 0.3) is 0 Å². The van der Waals surface area contributed by atoms with Crippen LogP contribution in [0.2, 0.25) is 20.1 Å². The Balaban J connectivity index is 2.65. The van der Waals surface area contributed by atoms with Crippen molar-refractivity contribution in [3.63, 3.8) is 0 Å². The van der Waals surface area contributed by atoms with Crippen LogP contribution in [0.3, 0.4) is 0 Å². The van der Waals surface area contributed by atoms with Gasteiger partial charge in [0.15, 0.2) is 11.5 Å². The van der Waals surface area contributed by atoms with E-state index in [1.807, 2.05) is 0 Å². The summed E-state index contributed by atoms with van der Waals surface area (Å²) in [4.78, 5) is 24.3. The molecule has 12 heteroatoms. The quantitative estimate of drug-likeness (QED) is 0.108. The Bertz CT molecular complexity index is 1160. The summed E-state index contributed by atoms with van der Waals surface area (Å²) in [5, 5.41) is 18.3. The molecule has 2 N–H and O–H groups in total. The number of aliphatic hydroxyl groups is 2. The Morgan fingerprint density at radius 1 is 0.718 bits per heavy atom. The van der Waals surface area contributed by atoms with E-state index < -0.39 is 11.9 Å². The lowest BCUT2D eigenvalue weighted by molar-refractivity contribution is -0.130. The summed E-state index contributed by atoms with van der Waals surface area (Å²) in [5.74, 6) is -1.41. The van der Waals surface area contributed by atoms with E-state index in [1.54, 1.807) is 0 Å². The molecule has 0 fully saturated rings. The van der Waals surface area contributed by atoms with Gasteiger partial charge in [-0.25, -0.2) is 9.59 Å². The molecule has 0 bridgehead atoms. The number of carbonyl (C=O) groups excluding carboxylic acids is 2. The van der Waals surface area contributed by atoms with Crippen molar-refractivity contribution in [1.82, 2.24) is 0 Å². The van der Waals surface area contributed by atoms with Gasteiger partial charge >= 0.3 is 11.9 Å². The van der Waals surface area contributed by atoms with Crippen LogP contribution in [0.15, 0.2) is 36.4 Å². The zero-order chi connectivity index (χ0) is 29.3. The summed E-state index contributed by atoms with van der Waals surface area (Å²) in [7, 11) is 0. The molecule has 8 nitrogen and oxygen atoms in total. The summed E-state index contributed by atoms with van der Waals surface area (Å²) < 4.78 is 22.3. The summed E-state index contributed by atoms with van der Waals surface area (Å²) in [6, 6.07) is 2.99. The summed E-state index contributed by atoms with van der Waals surface area (Å²) in [5.41, 5.74) is 1.17. The normalized spacial score (nSPS) is 10.7. The molecule has 0 aliphatic heterocycles. The van der Waals surface area contributed by atoms with Gasteiger partial charge in [0.2, 0.25) is 0 Å². The molecule has 39 heavy (non-hydrogen) atoms. The second kappa shape index (κ2) is 15.4. The van der Waals surface area contributed by atoms with Crippen molar-refractivity contribution in [2.24, 2.45) is 0 Å². The zero-order valence-corrected chi connectivity index (χ0v) is 24.4. The van der Waals surface area contributed by atoms with Crippen LogP contribution >= 0.6 is 46.4 Å². The smallest absolute Gasteiger partial charge is 0.338 e. The van der Waals surface area contributed by atoms with Crippen LogP contribution in [0.5, 0.6) is 23.0 Å². The van der Waals surface area contributed by atoms with Crippen molar-refractivity contribution < 1.29 is 38.7 Å². The van der Waals surface area contributed by atoms with Gasteiger partial charge in [-0.1, -0.05) is 59.6 Å². The van der Waals surface area contributed by atoms with Crippen molar-refractivity contribution in [3.8, 4) is 23.0 Å². The van der Waals surface area contributed by atoms with Gasteiger partial charge < -0.3 is 29.2 Å². The molecule has 0 atom stereocenters. The van der Waals surface area contributed by atoms with Crippen LogP contribution in [0, 0.1) is 0 Å². The maximum Gasteiger partial charge on any atom is 0.338 e. The monoisotopic (exact) mass is 620 g/mol. The average Bonchev–Trinajstić information content (AvgIpc) is 2.87. The molecule has 2 rings (SSSR count). The van der Waals surface area contributed by atoms with Gasteiger partial charge in [0, 0.05) is 54.7 Å². The second-order valence-electron chi connectivity index (χ2n) is 8.35. The SMILES string of the molecule is C=C(C)C(=O)Oc1c(Cl)cc(Cc2cc(Cl)c(OC(=O)C(=C)C)c(Cl)c2OCCCO)c(OCCCO)c1Cl. The Hall–Kier alpha value is -2.46. The lowest BCUT2D eigenvalue weighted by Crippen LogP contribution is -2.12. The van der Waals surface area contributed by atoms with E-state index in [0.717, 1.165) is 0 Å². The molecule has 0 saturated heterocycles.